The van der Waals surface area contributed by atoms with Crippen LogP contribution in [0.15, 0.2) is 0 Å². The molecule has 2 fully saturated rings. The van der Waals surface area contributed by atoms with Gasteiger partial charge in [0.25, 0.3) is 0 Å². The van der Waals surface area contributed by atoms with Gasteiger partial charge >= 0.3 is 6.03 Å². The Morgan fingerprint density at radius 1 is 1.25 bits per heavy atom. The quantitative estimate of drug-likeness (QED) is 0.701. The number of nitrogens with one attached hydrogen (secondary N) is 1. The monoisotopic (exact) mass is 339 g/mol. The van der Waals surface area contributed by atoms with Crippen LogP contribution in [0, 0.1) is 5.41 Å². The van der Waals surface area contributed by atoms with Crippen molar-refractivity contribution < 1.29 is 9.90 Å². The highest BCUT2D eigenvalue weighted by Gasteiger charge is 2.33. The maximum Gasteiger partial charge on any atom is 0.317 e. The van der Waals surface area contributed by atoms with E-state index in [1.54, 1.807) is 0 Å². The number of hydrogen-bond acceptors (Lipinski definition) is 3. The summed E-state index contributed by atoms with van der Waals surface area (Å²) in [4.78, 5) is 16.7. The third kappa shape index (κ3) is 5.35. The second kappa shape index (κ2) is 9.62. The number of likely N-dealkylation sites (tertiary alicyclic amines) is 1. The average Bonchev–Trinajstić information content (AvgIpc) is 2.65. The lowest BCUT2D eigenvalue weighted by atomic mass is 9.77. The number of piperidine rings is 1. The van der Waals surface area contributed by atoms with Crippen molar-refractivity contribution in [3.8, 4) is 0 Å². The second-order valence-corrected chi connectivity index (χ2v) is 7.86. The summed E-state index contributed by atoms with van der Waals surface area (Å²) in [5.41, 5.74) is 0.0412. The van der Waals surface area contributed by atoms with Crippen molar-refractivity contribution in [3.63, 3.8) is 0 Å². The van der Waals surface area contributed by atoms with Crippen LogP contribution in [0.5, 0.6) is 0 Å². The van der Waals surface area contributed by atoms with Crippen LogP contribution < -0.4 is 5.32 Å². The SMILES string of the molecule is CCC1(CO)CCN(C(=O)NCCCN(C)C2CCCCC2)CC1. The first-order valence-electron chi connectivity index (χ1n) is 9.94. The molecule has 1 aliphatic carbocycles. The topological polar surface area (TPSA) is 55.8 Å². The van der Waals surface area contributed by atoms with Crippen LogP contribution in [0.1, 0.15) is 64.7 Å². The van der Waals surface area contributed by atoms with Gasteiger partial charge in [-0.25, -0.2) is 4.79 Å². The summed E-state index contributed by atoms with van der Waals surface area (Å²) in [6.07, 6.45) is 10.6. The molecule has 5 nitrogen and oxygen atoms in total. The molecule has 2 amide bonds. The molecule has 0 radical (unpaired) electrons. The number of carbonyl (C=O) groups excluding carboxylic acids is 1. The number of urea groups is 1. The van der Waals surface area contributed by atoms with E-state index in [0.29, 0.717) is 0 Å². The summed E-state index contributed by atoms with van der Waals surface area (Å²) >= 11 is 0. The number of aliphatic hydroxyl groups is 1. The molecule has 2 N–H and O–H groups in total. The third-order valence-electron chi connectivity index (χ3n) is 6.36. The molecule has 24 heavy (non-hydrogen) atoms. The molecule has 1 saturated heterocycles. The van der Waals surface area contributed by atoms with E-state index in [4.69, 9.17) is 0 Å². The van der Waals surface area contributed by atoms with Crippen molar-refractivity contribution in [1.29, 1.82) is 0 Å². The van der Waals surface area contributed by atoms with Gasteiger partial charge in [0, 0.05) is 32.3 Å². The predicted molar refractivity (Wildman–Crippen MR) is 98.1 cm³/mol. The van der Waals surface area contributed by atoms with Crippen LogP contribution in [0.3, 0.4) is 0 Å². The van der Waals surface area contributed by atoms with Gasteiger partial charge in [0.05, 0.1) is 0 Å². The van der Waals surface area contributed by atoms with E-state index in [-0.39, 0.29) is 18.1 Å². The Morgan fingerprint density at radius 3 is 2.50 bits per heavy atom. The molecule has 2 aliphatic rings. The summed E-state index contributed by atoms with van der Waals surface area (Å²) < 4.78 is 0. The van der Waals surface area contributed by atoms with Crippen molar-refractivity contribution >= 4 is 6.03 Å². The van der Waals surface area contributed by atoms with Crippen LogP contribution in [0.2, 0.25) is 0 Å². The van der Waals surface area contributed by atoms with E-state index in [9.17, 15) is 9.90 Å². The molecule has 0 unspecified atom stereocenters. The zero-order valence-corrected chi connectivity index (χ0v) is 15.7. The molecule has 0 aromatic heterocycles. The van der Waals surface area contributed by atoms with Crippen LogP contribution in [-0.2, 0) is 0 Å². The summed E-state index contributed by atoms with van der Waals surface area (Å²) in [6, 6.07) is 0.815. The zero-order chi connectivity index (χ0) is 17.4. The first kappa shape index (κ1) is 19.5. The van der Waals surface area contributed by atoms with E-state index >= 15 is 0 Å². The molecule has 0 bridgehead atoms. The highest BCUT2D eigenvalue weighted by atomic mass is 16.3. The van der Waals surface area contributed by atoms with Crippen molar-refractivity contribution in [1.82, 2.24) is 15.1 Å². The van der Waals surface area contributed by atoms with Gasteiger partial charge in [-0.15, -0.1) is 0 Å². The number of nitrogens with zero attached hydrogens (tertiary/aromatic N) is 2. The second-order valence-electron chi connectivity index (χ2n) is 7.86. The number of hydrogen-bond donors (Lipinski definition) is 2. The third-order valence-corrected chi connectivity index (χ3v) is 6.36. The van der Waals surface area contributed by atoms with Gasteiger partial charge in [-0.3, -0.25) is 0 Å². The Hall–Kier alpha value is -0.810. The molecule has 1 heterocycles. The van der Waals surface area contributed by atoms with Gasteiger partial charge in [-0.05, 0) is 57.5 Å². The molecule has 5 heteroatoms. The van der Waals surface area contributed by atoms with Crippen LogP contribution in [-0.4, -0.2) is 66.8 Å². The average molecular weight is 340 g/mol. The lowest BCUT2D eigenvalue weighted by molar-refractivity contribution is 0.0519. The standard InChI is InChI=1S/C19H37N3O2/c1-3-19(16-23)10-14-22(15-11-19)18(24)20-12-7-13-21(2)17-8-5-4-6-9-17/h17,23H,3-16H2,1-2H3,(H,20,24). The Bertz CT molecular complexity index is 369. The fraction of sp³-hybridized carbons (Fsp3) is 0.947. The van der Waals surface area contributed by atoms with Gasteiger partial charge < -0.3 is 20.2 Å². The van der Waals surface area contributed by atoms with Crippen LogP contribution in [0.25, 0.3) is 0 Å². The number of rotatable bonds is 7. The Morgan fingerprint density at radius 2 is 1.92 bits per heavy atom. The van der Waals surface area contributed by atoms with Gasteiger partial charge in [-0.1, -0.05) is 26.2 Å². The Balaban J connectivity index is 1.60. The van der Waals surface area contributed by atoms with E-state index < -0.39 is 0 Å². The Kier molecular flexibility index (Phi) is 7.82. The van der Waals surface area contributed by atoms with E-state index in [1.165, 1.54) is 32.1 Å². The molecule has 140 valence electrons. The molecular weight excluding hydrogens is 302 g/mol. The van der Waals surface area contributed by atoms with Gasteiger partial charge in [0.15, 0.2) is 0 Å². The summed E-state index contributed by atoms with van der Waals surface area (Å²) in [5.74, 6) is 0. The summed E-state index contributed by atoms with van der Waals surface area (Å²) in [5, 5.41) is 12.6. The molecule has 1 aliphatic heterocycles. The lowest BCUT2D eigenvalue weighted by Gasteiger charge is -2.40. The summed E-state index contributed by atoms with van der Waals surface area (Å²) in [6.45, 7) is 5.73. The van der Waals surface area contributed by atoms with Crippen molar-refractivity contribution in [2.24, 2.45) is 5.41 Å². The summed E-state index contributed by atoms with van der Waals surface area (Å²) in [7, 11) is 2.22. The Labute approximate surface area is 147 Å². The zero-order valence-electron chi connectivity index (χ0n) is 15.7. The fourth-order valence-corrected chi connectivity index (χ4v) is 4.15. The van der Waals surface area contributed by atoms with E-state index in [1.807, 2.05) is 4.90 Å². The fourth-order valence-electron chi connectivity index (χ4n) is 4.15. The molecular formula is C19H37N3O2. The van der Waals surface area contributed by atoms with Gasteiger partial charge in [0.1, 0.15) is 0 Å². The first-order valence-corrected chi connectivity index (χ1v) is 9.94. The minimum atomic E-state index is 0.0412. The van der Waals surface area contributed by atoms with E-state index in [0.717, 1.165) is 57.9 Å². The molecule has 0 atom stereocenters. The van der Waals surface area contributed by atoms with Crippen LogP contribution >= 0.6 is 0 Å². The van der Waals surface area contributed by atoms with E-state index in [2.05, 4.69) is 24.2 Å². The maximum atomic E-state index is 12.3. The normalized spacial score (nSPS) is 21.9. The highest BCUT2D eigenvalue weighted by molar-refractivity contribution is 5.74. The minimum Gasteiger partial charge on any atom is -0.396 e. The number of carbonyl (C=O) groups is 1. The molecule has 1 saturated carbocycles. The largest absolute Gasteiger partial charge is 0.396 e. The van der Waals surface area contributed by atoms with Gasteiger partial charge in [-0.2, -0.15) is 0 Å². The first-order chi connectivity index (χ1) is 11.6. The maximum absolute atomic E-state index is 12.3. The predicted octanol–water partition coefficient (Wildman–Crippen LogP) is 2.84. The smallest absolute Gasteiger partial charge is 0.317 e. The molecule has 0 aromatic carbocycles. The lowest BCUT2D eigenvalue weighted by Crippen LogP contribution is -2.48. The van der Waals surface area contributed by atoms with Crippen molar-refractivity contribution in [2.75, 3.05) is 39.8 Å². The van der Waals surface area contributed by atoms with Crippen molar-refractivity contribution in [3.05, 3.63) is 0 Å². The highest BCUT2D eigenvalue weighted by Crippen LogP contribution is 2.34. The number of aliphatic hydroxyl groups excluding tert-OH is 1. The minimum absolute atomic E-state index is 0.0412. The van der Waals surface area contributed by atoms with Crippen molar-refractivity contribution in [2.45, 2.75) is 70.8 Å². The molecule has 0 spiro atoms. The molecule has 0 aromatic rings. The number of amides is 2. The van der Waals surface area contributed by atoms with Crippen LogP contribution in [0.4, 0.5) is 4.79 Å². The van der Waals surface area contributed by atoms with Gasteiger partial charge in [0.2, 0.25) is 0 Å². The molecule has 2 rings (SSSR count).